The molecule has 0 aromatic carbocycles. The molecule has 2 unspecified atom stereocenters. The molecule has 1 rings (SSSR count). The molecule has 0 aromatic heterocycles. The molecule has 1 aliphatic rings. The highest BCUT2D eigenvalue weighted by Crippen LogP contribution is 2.16. The normalized spacial score (nSPS) is 21.9. The molecular formula is C12H24N2O2. The van der Waals surface area contributed by atoms with Crippen LogP contribution in [0.5, 0.6) is 0 Å². The van der Waals surface area contributed by atoms with Gasteiger partial charge in [-0.2, -0.15) is 0 Å². The van der Waals surface area contributed by atoms with E-state index in [4.69, 9.17) is 10.5 Å². The molecule has 1 heterocycles. The van der Waals surface area contributed by atoms with Crippen molar-refractivity contribution in [3.63, 3.8) is 0 Å². The smallest absolute Gasteiger partial charge is 0.239 e. The number of carbonyl (C=O) groups is 1. The van der Waals surface area contributed by atoms with E-state index in [1.807, 2.05) is 11.8 Å². The van der Waals surface area contributed by atoms with Gasteiger partial charge in [-0.3, -0.25) is 4.79 Å². The Bertz CT molecular complexity index is 225. The van der Waals surface area contributed by atoms with Crippen LogP contribution in [0.3, 0.4) is 0 Å². The second kappa shape index (κ2) is 6.21. The molecule has 16 heavy (non-hydrogen) atoms. The zero-order valence-electron chi connectivity index (χ0n) is 10.6. The summed E-state index contributed by atoms with van der Waals surface area (Å²) < 4.78 is 5.28. The van der Waals surface area contributed by atoms with Gasteiger partial charge < -0.3 is 15.4 Å². The molecule has 1 saturated heterocycles. The SMILES string of the molecule is CCC(C)C(N)C(=O)N1CCC(OC)CC1. The number of rotatable bonds is 4. The molecule has 1 amide bonds. The third-order valence-corrected chi connectivity index (χ3v) is 3.63. The van der Waals surface area contributed by atoms with Gasteiger partial charge in [-0.05, 0) is 18.8 Å². The fraction of sp³-hybridized carbons (Fsp3) is 0.917. The third kappa shape index (κ3) is 3.19. The molecule has 0 aromatic rings. The molecule has 0 aliphatic carbocycles. The Balaban J connectivity index is 2.44. The van der Waals surface area contributed by atoms with Crippen LogP contribution in [0.1, 0.15) is 33.1 Å². The first kappa shape index (κ1) is 13.5. The van der Waals surface area contributed by atoms with Crippen LogP contribution in [-0.2, 0) is 9.53 Å². The molecule has 1 aliphatic heterocycles. The Morgan fingerprint density at radius 3 is 2.50 bits per heavy atom. The van der Waals surface area contributed by atoms with E-state index in [1.165, 1.54) is 0 Å². The van der Waals surface area contributed by atoms with Gasteiger partial charge in [-0.1, -0.05) is 20.3 Å². The Labute approximate surface area is 98.1 Å². The maximum absolute atomic E-state index is 12.1. The zero-order valence-corrected chi connectivity index (χ0v) is 10.6. The Morgan fingerprint density at radius 1 is 1.50 bits per heavy atom. The van der Waals surface area contributed by atoms with E-state index in [2.05, 4.69) is 6.92 Å². The minimum absolute atomic E-state index is 0.101. The number of piperidine rings is 1. The van der Waals surface area contributed by atoms with Gasteiger partial charge in [0.15, 0.2) is 0 Å². The molecule has 2 atom stereocenters. The van der Waals surface area contributed by atoms with Gasteiger partial charge in [0.05, 0.1) is 12.1 Å². The van der Waals surface area contributed by atoms with E-state index in [1.54, 1.807) is 7.11 Å². The van der Waals surface area contributed by atoms with Crippen molar-refractivity contribution in [2.45, 2.75) is 45.3 Å². The lowest BCUT2D eigenvalue weighted by Crippen LogP contribution is -2.50. The summed E-state index contributed by atoms with van der Waals surface area (Å²) in [6.45, 7) is 5.66. The molecule has 4 nitrogen and oxygen atoms in total. The minimum atomic E-state index is -0.343. The van der Waals surface area contributed by atoms with Crippen molar-refractivity contribution in [3.8, 4) is 0 Å². The van der Waals surface area contributed by atoms with Crippen molar-refractivity contribution in [1.82, 2.24) is 4.90 Å². The summed E-state index contributed by atoms with van der Waals surface area (Å²) in [5, 5.41) is 0. The number of amides is 1. The summed E-state index contributed by atoms with van der Waals surface area (Å²) in [5.74, 6) is 0.358. The van der Waals surface area contributed by atoms with E-state index in [0.717, 1.165) is 32.4 Å². The fourth-order valence-electron chi connectivity index (χ4n) is 2.02. The standard InChI is InChI=1S/C12H24N2O2/c1-4-9(2)11(13)12(15)14-7-5-10(16-3)6-8-14/h9-11H,4-8,13H2,1-3H3. The van der Waals surface area contributed by atoms with Gasteiger partial charge in [0.1, 0.15) is 0 Å². The predicted molar refractivity (Wildman–Crippen MR) is 64.0 cm³/mol. The monoisotopic (exact) mass is 228 g/mol. The fourth-order valence-corrected chi connectivity index (χ4v) is 2.02. The average Bonchev–Trinajstić information content (AvgIpc) is 2.36. The molecule has 0 saturated carbocycles. The van der Waals surface area contributed by atoms with Gasteiger partial charge in [-0.15, -0.1) is 0 Å². The Morgan fingerprint density at radius 2 is 2.06 bits per heavy atom. The van der Waals surface area contributed by atoms with Crippen LogP contribution in [-0.4, -0.2) is 43.2 Å². The van der Waals surface area contributed by atoms with Crippen molar-refractivity contribution < 1.29 is 9.53 Å². The van der Waals surface area contributed by atoms with E-state index >= 15 is 0 Å². The van der Waals surface area contributed by atoms with Crippen LogP contribution in [0.4, 0.5) is 0 Å². The van der Waals surface area contributed by atoms with Gasteiger partial charge in [0.25, 0.3) is 0 Å². The molecule has 4 heteroatoms. The van der Waals surface area contributed by atoms with Crippen molar-refractivity contribution in [3.05, 3.63) is 0 Å². The summed E-state index contributed by atoms with van der Waals surface area (Å²) in [6.07, 6.45) is 3.11. The highest BCUT2D eigenvalue weighted by atomic mass is 16.5. The lowest BCUT2D eigenvalue weighted by Gasteiger charge is -2.34. The highest BCUT2D eigenvalue weighted by Gasteiger charge is 2.28. The molecule has 2 N–H and O–H groups in total. The van der Waals surface area contributed by atoms with E-state index < -0.39 is 0 Å². The van der Waals surface area contributed by atoms with E-state index in [0.29, 0.717) is 6.10 Å². The summed E-state index contributed by atoms with van der Waals surface area (Å²) in [4.78, 5) is 13.9. The number of likely N-dealkylation sites (tertiary alicyclic amines) is 1. The predicted octanol–water partition coefficient (Wildman–Crippen LogP) is 0.997. The number of hydrogen-bond donors (Lipinski definition) is 1. The van der Waals surface area contributed by atoms with Gasteiger partial charge in [0.2, 0.25) is 5.91 Å². The Kier molecular flexibility index (Phi) is 5.22. The highest BCUT2D eigenvalue weighted by molar-refractivity contribution is 5.82. The van der Waals surface area contributed by atoms with Crippen LogP contribution in [0.15, 0.2) is 0 Å². The summed E-state index contributed by atoms with van der Waals surface area (Å²) >= 11 is 0. The van der Waals surface area contributed by atoms with Crippen LogP contribution in [0.2, 0.25) is 0 Å². The van der Waals surface area contributed by atoms with Crippen LogP contribution in [0.25, 0.3) is 0 Å². The molecule has 0 bridgehead atoms. The second-order valence-electron chi connectivity index (χ2n) is 4.67. The molecule has 94 valence electrons. The second-order valence-corrected chi connectivity index (χ2v) is 4.67. The third-order valence-electron chi connectivity index (χ3n) is 3.63. The van der Waals surface area contributed by atoms with Crippen LogP contribution >= 0.6 is 0 Å². The molecule has 0 radical (unpaired) electrons. The average molecular weight is 228 g/mol. The topological polar surface area (TPSA) is 55.6 Å². The van der Waals surface area contributed by atoms with Crippen LogP contribution in [0, 0.1) is 5.92 Å². The maximum Gasteiger partial charge on any atom is 0.239 e. The van der Waals surface area contributed by atoms with Crippen molar-refractivity contribution in [1.29, 1.82) is 0 Å². The number of nitrogens with zero attached hydrogens (tertiary/aromatic N) is 1. The van der Waals surface area contributed by atoms with E-state index in [-0.39, 0.29) is 17.9 Å². The zero-order chi connectivity index (χ0) is 12.1. The van der Waals surface area contributed by atoms with Crippen molar-refractivity contribution >= 4 is 5.91 Å². The summed E-state index contributed by atoms with van der Waals surface area (Å²) in [7, 11) is 1.73. The minimum Gasteiger partial charge on any atom is -0.381 e. The molecular weight excluding hydrogens is 204 g/mol. The lowest BCUT2D eigenvalue weighted by atomic mass is 9.97. The van der Waals surface area contributed by atoms with Gasteiger partial charge >= 0.3 is 0 Å². The lowest BCUT2D eigenvalue weighted by molar-refractivity contribution is -0.136. The molecule has 0 spiro atoms. The summed E-state index contributed by atoms with van der Waals surface area (Å²) in [6, 6.07) is -0.343. The summed E-state index contributed by atoms with van der Waals surface area (Å²) in [5.41, 5.74) is 5.95. The number of ether oxygens (including phenoxy) is 1. The van der Waals surface area contributed by atoms with E-state index in [9.17, 15) is 4.79 Å². The van der Waals surface area contributed by atoms with Gasteiger partial charge in [-0.25, -0.2) is 0 Å². The number of methoxy groups -OCH3 is 1. The van der Waals surface area contributed by atoms with Gasteiger partial charge in [0, 0.05) is 20.2 Å². The Hall–Kier alpha value is -0.610. The van der Waals surface area contributed by atoms with Crippen LogP contribution < -0.4 is 5.73 Å². The van der Waals surface area contributed by atoms with Crippen molar-refractivity contribution in [2.24, 2.45) is 11.7 Å². The number of nitrogens with two attached hydrogens (primary N) is 1. The first-order valence-corrected chi connectivity index (χ1v) is 6.17. The number of carbonyl (C=O) groups excluding carboxylic acids is 1. The maximum atomic E-state index is 12.1. The first-order chi connectivity index (χ1) is 7.60. The largest absolute Gasteiger partial charge is 0.381 e. The first-order valence-electron chi connectivity index (χ1n) is 6.17. The van der Waals surface area contributed by atoms with Crippen molar-refractivity contribution in [2.75, 3.05) is 20.2 Å². The number of hydrogen-bond acceptors (Lipinski definition) is 3. The molecule has 1 fully saturated rings. The quantitative estimate of drug-likeness (QED) is 0.781.